The average Bonchev–Trinajstić information content (AvgIpc) is 2.77. The molecule has 0 aromatic heterocycles. The maximum absolute atomic E-state index is 12.4. The zero-order valence-corrected chi connectivity index (χ0v) is 15.7. The molecule has 0 saturated carbocycles. The van der Waals surface area contributed by atoms with Crippen LogP contribution >= 0.6 is 0 Å². The number of hydrogen-bond donors (Lipinski definition) is 0. The maximum Gasteiger partial charge on any atom is 0.338 e. The number of esters is 1. The molecule has 140 valence electrons. The van der Waals surface area contributed by atoms with Crippen LogP contribution in [0.25, 0.3) is 11.1 Å². The van der Waals surface area contributed by atoms with Crippen LogP contribution in [0.3, 0.4) is 0 Å². The summed E-state index contributed by atoms with van der Waals surface area (Å²) in [6, 6.07) is 23.1. The van der Waals surface area contributed by atoms with Crippen LogP contribution in [0.2, 0.25) is 0 Å². The second kappa shape index (κ2) is 8.22. The number of carbonyl (C=O) groups is 2. The van der Waals surface area contributed by atoms with Gasteiger partial charge in [-0.05, 0) is 60.1 Å². The van der Waals surface area contributed by atoms with Crippen LogP contribution in [-0.4, -0.2) is 18.4 Å². The molecule has 28 heavy (non-hydrogen) atoms. The highest BCUT2D eigenvalue weighted by molar-refractivity contribution is 5.99. The normalized spacial score (nSPS) is 12.9. The van der Waals surface area contributed by atoms with Crippen molar-refractivity contribution in [3.8, 4) is 11.1 Å². The van der Waals surface area contributed by atoms with Gasteiger partial charge < -0.3 is 4.74 Å². The van der Waals surface area contributed by atoms with Crippen molar-refractivity contribution in [3.63, 3.8) is 0 Å². The Morgan fingerprint density at radius 1 is 0.714 bits per heavy atom. The lowest BCUT2D eigenvalue weighted by atomic mass is 9.90. The van der Waals surface area contributed by atoms with E-state index in [1.807, 2.05) is 54.6 Å². The summed E-state index contributed by atoms with van der Waals surface area (Å²) in [4.78, 5) is 24.7. The monoisotopic (exact) mass is 370 g/mol. The quantitative estimate of drug-likeness (QED) is 0.454. The summed E-state index contributed by atoms with van der Waals surface area (Å²) in [5.74, 6) is -0.645. The zero-order valence-electron chi connectivity index (χ0n) is 15.7. The SMILES string of the molecule is O=C(COC(=O)c1ccc2c(c1)CCCC2)c1ccc(-c2ccccc2)cc1. The van der Waals surface area contributed by atoms with E-state index < -0.39 is 5.97 Å². The summed E-state index contributed by atoms with van der Waals surface area (Å²) in [6.07, 6.45) is 4.43. The third-order valence-electron chi connectivity index (χ3n) is 5.23. The van der Waals surface area contributed by atoms with Gasteiger partial charge in [-0.25, -0.2) is 4.79 Å². The number of carbonyl (C=O) groups excluding carboxylic acids is 2. The van der Waals surface area contributed by atoms with E-state index in [0.29, 0.717) is 11.1 Å². The predicted octanol–water partition coefficient (Wildman–Crippen LogP) is 5.27. The Morgan fingerprint density at radius 3 is 2.11 bits per heavy atom. The minimum absolute atomic E-state index is 0.203. The lowest BCUT2D eigenvalue weighted by Crippen LogP contribution is -2.15. The minimum atomic E-state index is -0.442. The Bertz CT molecular complexity index is 988. The molecule has 3 heteroatoms. The van der Waals surface area contributed by atoms with E-state index in [9.17, 15) is 9.59 Å². The van der Waals surface area contributed by atoms with E-state index in [-0.39, 0.29) is 12.4 Å². The number of hydrogen-bond acceptors (Lipinski definition) is 3. The minimum Gasteiger partial charge on any atom is -0.454 e. The first-order valence-corrected chi connectivity index (χ1v) is 9.68. The fourth-order valence-corrected chi connectivity index (χ4v) is 3.64. The number of fused-ring (bicyclic) bond motifs is 1. The van der Waals surface area contributed by atoms with Crippen molar-refractivity contribution in [2.45, 2.75) is 25.7 Å². The molecule has 0 fully saturated rings. The van der Waals surface area contributed by atoms with Gasteiger partial charge in [0.05, 0.1) is 5.56 Å². The highest BCUT2D eigenvalue weighted by atomic mass is 16.5. The second-order valence-electron chi connectivity index (χ2n) is 7.13. The highest BCUT2D eigenvalue weighted by Crippen LogP contribution is 2.23. The third kappa shape index (κ3) is 4.04. The van der Waals surface area contributed by atoms with Crippen molar-refractivity contribution < 1.29 is 14.3 Å². The number of ketones is 1. The Kier molecular flexibility index (Phi) is 5.34. The standard InChI is InChI=1S/C25H22O3/c26-24(21-13-10-20(11-14-21)18-6-2-1-3-7-18)17-28-25(27)23-15-12-19-8-4-5-9-22(19)16-23/h1-3,6-7,10-16H,4-5,8-9,17H2. The van der Waals surface area contributed by atoms with Crippen LogP contribution in [-0.2, 0) is 17.6 Å². The van der Waals surface area contributed by atoms with Crippen molar-refractivity contribution in [2.75, 3.05) is 6.61 Å². The molecule has 0 atom stereocenters. The maximum atomic E-state index is 12.4. The molecule has 1 aliphatic carbocycles. The Morgan fingerprint density at radius 2 is 1.36 bits per heavy atom. The van der Waals surface area contributed by atoms with Gasteiger partial charge in [0.15, 0.2) is 12.4 Å². The van der Waals surface area contributed by atoms with Crippen LogP contribution in [0, 0.1) is 0 Å². The zero-order chi connectivity index (χ0) is 19.3. The first kappa shape index (κ1) is 18.2. The molecule has 0 unspecified atom stereocenters. The molecule has 0 N–H and O–H groups in total. The van der Waals surface area contributed by atoms with Crippen molar-refractivity contribution in [1.29, 1.82) is 0 Å². The molecule has 0 amide bonds. The smallest absolute Gasteiger partial charge is 0.338 e. The third-order valence-corrected chi connectivity index (χ3v) is 5.23. The summed E-state index contributed by atoms with van der Waals surface area (Å²) >= 11 is 0. The van der Waals surface area contributed by atoms with Crippen LogP contribution in [0.5, 0.6) is 0 Å². The van der Waals surface area contributed by atoms with Crippen LogP contribution in [0.15, 0.2) is 72.8 Å². The Labute approximate surface area is 165 Å². The number of rotatable bonds is 5. The largest absolute Gasteiger partial charge is 0.454 e. The van der Waals surface area contributed by atoms with Gasteiger partial charge in [0, 0.05) is 5.56 Å². The molecule has 0 spiro atoms. The van der Waals surface area contributed by atoms with Gasteiger partial charge in [0.25, 0.3) is 0 Å². The fourth-order valence-electron chi connectivity index (χ4n) is 3.64. The molecule has 3 aromatic rings. The topological polar surface area (TPSA) is 43.4 Å². The van der Waals surface area contributed by atoms with Crippen molar-refractivity contribution >= 4 is 11.8 Å². The highest BCUT2D eigenvalue weighted by Gasteiger charge is 2.15. The van der Waals surface area contributed by atoms with Gasteiger partial charge in [-0.3, -0.25) is 4.79 Å². The van der Waals surface area contributed by atoms with E-state index in [4.69, 9.17) is 4.74 Å². The molecule has 3 nitrogen and oxygen atoms in total. The summed E-state index contributed by atoms with van der Waals surface area (Å²) in [7, 11) is 0. The molecule has 0 aliphatic heterocycles. The molecule has 4 rings (SSSR count). The van der Waals surface area contributed by atoms with Crippen molar-refractivity contribution in [3.05, 3.63) is 95.1 Å². The first-order chi connectivity index (χ1) is 13.7. The van der Waals surface area contributed by atoms with Crippen LogP contribution in [0.4, 0.5) is 0 Å². The number of ether oxygens (including phenoxy) is 1. The molecular weight excluding hydrogens is 348 g/mol. The molecule has 0 saturated heterocycles. The Balaban J connectivity index is 1.38. The lowest BCUT2D eigenvalue weighted by Gasteiger charge is -2.16. The van der Waals surface area contributed by atoms with Crippen LogP contribution < -0.4 is 0 Å². The van der Waals surface area contributed by atoms with E-state index in [1.165, 1.54) is 17.5 Å². The van der Waals surface area contributed by atoms with Gasteiger partial charge in [0.2, 0.25) is 0 Å². The van der Waals surface area contributed by atoms with E-state index in [1.54, 1.807) is 18.2 Å². The predicted molar refractivity (Wildman–Crippen MR) is 110 cm³/mol. The Hall–Kier alpha value is -3.20. The molecule has 0 heterocycles. The van der Waals surface area contributed by atoms with Crippen molar-refractivity contribution in [1.82, 2.24) is 0 Å². The number of benzene rings is 3. The van der Waals surface area contributed by atoms with Gasteiger partial charge in [0.1, 0.15) is 0 Å². The van der Waals surface area contributed by atoms with Gasteiger partial charge in [-0.2, -0.15) is 0 Å². The molecular formula is C25H22O3. The molecule has 3 aromatic carbocycles. The summed E-state index contributed by atoms with van der Waals surface area (Å²) in [6.45, 7) is -0.249. The molecule has 0 radical (unpaired) electrons. The van der Waals surface area contributed by atoms with Gasteiger partial charge in [-0.1, -0.05) is 60.7 Å². The van der Waals surface area contributed by atoms with Gasteiger partial charge >= 0.3 is 5.97 Å². The summed E-state index contributed by atoms with van der Waals surface area (Å²) < 4.78 is 5.26. The lowest BCUT2D eigenvalue weighted by molar-refractivity contribution is 0.0474. The average molecular weight is 370 g/mol. The molecule has 0 bridgehead atoms. The van der Waals surface area contributed by atoms with E-state index >= 15 is 0 Å². The van der Waals surface area contributed by atoms with Crippen molar-refractivity contribution in [2.24, 2.45) is 0 Å². The first-order valence-electron chi connectivity index (χ1n) is 9.68. The van der Waals surface area contributed by atoms with E-state index in [2.05, 4.69) is 0 Å². The van der Waals surface area contributed by atoms with Crippen LogP contribution in [0.1, 0.15) is 44.7 Å². The second-order valence-corrected chi connectivity index (χ2v) is 7.13. The molecule has 1 aliphatic rings. The summed E-state index contributed by atoms with van der Waals surface area (Å²) in [5, 5.41) is 0. The van der Waals surface area contributed by atoms with Gasteiger partial charge in [-0.15, -0.1) is 0 Å². The van der Waals surface area contributed by atoms with E-state index in [0.717, 1.165) is 30.4 Å². The number of aryl methyl sites for hydroxylation is 2. The fraction of sp³-hybridized carbons (Fsp3) is 0.200. The number of Topliss-reactive ketones (excluding diaryl/α,β-unsaturated/α-hetero) is 1. The summed E-state index contributed by atoms with van der Waals surface area (Å²) in [5.41, 5.74) is 5.75.